The van der Waals surface area contributed by atoms with Gasteiger partial charge in [-0.25, -0.2) is 0 Å². The molecule has 1 aliphatic carbocycles. The molecular weight excluding hydrogens is 260 g/mol. The smallest absolute Gasteiger partial charge is 0.234 e. The van der Waals surface area contributed by atoms with Crippen LogP contribution in [-0.2, 0) is 0 Å². The van der Waals surface area contributed by atoms with E-state index >= 15 is 0 Å². The Labute approximate surface area is 122 Å². The van der Waals surface area contributed by atoms with Crippen molar-refractivity contribution in [1.29, 1.82) is 0 Å². The number of carbonyl (C=O) groups excluding carboxylic acids is 2. The second-order valence-corrected chi connectivity index (χ2v) is 5.45. The molecule has 0 heterocycles. The van der Waals surface area contributed by atoms with Crippen LogP contribution in [0.1, 0.15) is 26.3 Å². The molecule has 0 spiro atoms. The zero-order valence-electron chi connectivity index (χ0n) is 11.5. The van der Waals surface area contributed by atoms with Crippen molar-refractivity contribution in [3.05, 3.63) is 71.3 Å². The van der Waals surface area contributed by atoms with Crippen LogP contribution in [0.2, 0.25) is 0 Å². The molecule has 0 fully saturated rings. The zero-order valence-corrected chi connectivity index (χ0v) is 11.5. The van der Waals surface area contributed by atoms with Crippen molar-refractivity contribution in [3.63, 3.8) is 0 Å². The Kier molecular flexibility index (Phi) is 2.36. The number of benzene rings is 3. The fourth-order valence-corrected chi connectivity index (χ4v) is 2.99. The van der Waals surface area contributed by atoms with Gasteiger partial charge in [0.05, 0.1) is 0 Å². The van der Waals surface area contributed by atoms with E-state index in [1.165, 1.54) is 5.56 Å². The molecule has 0 atom stereocenters. The average molecular weight is 272 g/mol. The molecule has 3 aromatic carbocycles. The molecule has 4 rings (SSSR count). The van der Waals surface area contributed by atoms with Crippen LogP contribution < -0.4 is 0 Å². The standard InChI is InChI=1S/C19H12O2/c1-11-6-7-12-9-17-16(10-13(12)8-11)14-4-2-3-5-15(14)18(20)19(17)21/h2-10H,1H3. The largest absolute Gasteiger partial charge is 0.285 e. The molecular formula is C19H12O2. The first kappa shape index (κ1) is 12.0. The van der Waals surface area contributed by atoms with E-state index in [0.717, 1.165) is 21.9 Å². The summed E-state index contributed by atoms with van der Waals surface area (Å²) in [7, 11) is 0. The molecule has 1 aliphatic rings. The summed E-state index contributed by atoms with van der Waals surface area (Å²) in [5.74, 6) is -0.823. The fraction of sp³-hybridized carbons (Fsp3) is 0.0526. The quantitative estimate of drug-likeness (QED) is 0.575. The summed E-state index contributed by atoms with van der Waals surface area (Å²) < 4.78 is 0. The Morgan fingerprint density at radius 1 is 0.619 bits per heavy atom. The molecule has 0 saturated carbocycles. The molecule has 0 N–H and O–H groups in total. The van der Waals surface area contributed by atoms with Crippen molar-refractivity contribution in [2.24, 2.45) is 0 Å². The molecule has 0 aromatic heterocycles. The highest BCUT2D eigenvalue weighted by Crippen LogP contribution is 2.36. The van der Waals surface area contributed by atoms with E-state index < -0.39 is 11.6 Å². The minimum absolute atomic E-state index is 0.411. The highest BCUT2D eigenvalue weighted by Gasteiger charge is 2.30. The van der Waals surface area contributed by atoms with E-state index in [-0.39, 0.29) is 0 Å². The van der Waals surface area contributed by atoms with E-state index in [9.17, 15) is 9.59 Å². The summed E-state index contributed by atoms with van der Waals surface area (Å²) in [6.45, 7) is 2.04. The number of fused-ring (bicyclic) bond motifs is 4. The SMILES string of the molecule is Cc1ccc2cc3c(cc2c1)-c1ccccc1C(=O)C3=O. The Morgan fingerprint density at radius 3 is 2.10 bits per heavy atom. The first-order valence-electron chi connectivity index (χ1n) is 6.88. The van der Waals surface area contributed by atoms with Gasteiger partial charge in [-0.05, 0) is 41.0 Å². The third-order valence-electron chi connectivity index (χ3n) is 4.04. The molecule has 100 valence electrons. The first-order valence-corrected chi connectivity index (χ1v) is 6.88. The first-order chi connectivity index (χ1) is 10.1. The Balaban J connectivity index is 2.13. The maximum atomic E-state index is 12.3. The lowest BCUT2D eigenvalue weighted by Crippen LogP contribution is -2.21. The van der Waals surface area contributed by atoms with Gasteiger partial charge in [0.1, 0.15) is 0 Å². The third-order valence-corrected chi connectivity index (χ3v) is 4.04. The van der Waals surface area contributed by atoms with Gasteiger partial charge in [-0.15, -0.1) is 0 Å². The van der Waals surface area contributed by atoms with Crippen molar-refractivity contribution < 1.29 is 9.59 Å². The maximum Gasteiger partial charge on any atom is 0.234 e. The molecule has 2 heteroatoms. The van der Waals surface area contributed by atoms with Gasteiger partial charge in [-0.2, -0.15) is 0 Å². The van der Waals surface area contributed by atoms with Gasteiger partial charge in [-0.1, -0.05) is 48.0 Å². The Hall–Kier alpha value is -2.74. The van der Waals surface area contributed by atoms with Crippen LogP contribution >= 0.6 is 0 Å². The van der Waals surface area contributed by atoms with Gasteiger partial charge in [0.15, 0.2) is 0 Å². The summed E-state index contributed by atoms with van der Waals surface area (Å²) in [5.41, 5.74) is 3.89. The molecule has 21 heavy (non-hydrogen) atoms. The number of hydrogen-bond acceptors (Lipinski definition) is 2. The molecule has 0 saturated heterocycles. The topological polar surface area (TPSA) is 34.1 Å². The minimum Gasteiger partial charge on any atom is -0.285 e. The molecule has 0 amide bonds. The normalized spacial score (nSPS) is 13.2. The van der Waals surface area contributed by atoms with Crippen molar-refractivity contribution in [1.82, 2.24) is 0 Å². The van der Waals surface area contributed by atoms with Gasteiger partial charge >= 0.3 is 0 Å². The van der Waals surface area contributed by atoms with Crippen LogP contribution in [0.3, 0.4) is 0 Å². The van der Waals surface area contributed by atoms with Crippen molar-refractivity contribution in [2.75, 3.05) is 0 Å². The second-order valence-electron chi connectivity index (χ2n) is 5.45. The van der Waals surface area contributed by atoms with Crippen LogP contribution in [0.4, 0.5) is 0 Å². The lowest BCUT2D eigenvalue weighted by atomic mass is 9.82. The lowest BCUT2D eigenvalue weighted by molar-refractivity contribution is 0.0815. The van der Waals surface area contributed by atoms with Crippen LogP contribution in [-0.4, -0.2) is 11.6 Å². The summed E-state index contributed by atoms with van der Waals surface area (Å²) in [6, 6.07) is 17.3. The minimum atomic E-state index is -0.412. The monoisotopic (exact) mass is 272 g/mol. The Morgan fingerprint density at radius 2 is 1.29 bits per heavy atom. The molecule has 0 aliphatic heterocycles. The van der Waals surface area contributed by atoms with Crippen LogP contribution in [0.5, 0.6) is 0 Å². The van der Waals surface area contributed by atoms with Gasteiger partial charge in [0.25, 0.3) is 0 Å². The third kappa shape index (κ3) is 1.66. The maximum absolute atomic E-state index is 12.3. The molecule has 2 nitrogen and oxygen atoms in total. The van der Waals surface area contributed by atoms with Gasteiger partial charge in [0, 0.05) is 11.1 Å². The van der Waals surface area contributed by atoms with Crippen LogP contribution in [0.25, 0.3) is 21.9 Å². The summed E-state index contributed by atoms with van der Waals surface area (Å²) in [4.78, 5) is 24.6. The average Bonchev–Trinajstić information content (AvgIpc) is 2.51. The highest BCUT2D eigenvalue weighted by molar-refractivity contribution is 6.53. The second kappa shape index (κ2) is 4.13. The fourth-order valence-electron chi connectivity index (χ4n) is 2.99. The summed E-state index contributed by atoms with van der Waals surface area (Å²) in [6.07, 6.45) is 0. The number of rotatable bonds is 0. The number of carbonyl (C=O) groups is 2. The van der Waals surface area contributed by atoms with Crippen LogP contribution in [0.15, 0.2) is 54.6 Å². The van der Waals surface area contributed by atoms with E-state index in [1.54, 1.807) is 12.1 Å². The van der Waals surface area contributed by atoms with Gasteiger partial charge in [0.2, 0.25) is 11.6 Å². The van der Waals surface area contributed by atoms with E-state index in [4.69, 9.17) is 0 Å². The molecule has 3 aromatic rings. The predicted octanol–water partition coefficient (Wildman–Crippen LogP) is 4.19. The van der Waals surface area contributed by atoms with Gasteiger partial charge in [-0.3, -0.25) is 9.59 Å². The summed E-state index contributed by atoms with van der Waals surface area (Å²) in [5, 5.41) is 2.07. The van der Waals surface area contributed by atoms with Gasteiger partial charge < -0.3 is 0 Å². The number of hydrogen-bond donors (Lipinski definition) is 0. The van der Waals surface area contributed by atoms with Crippen LogP contribution in [0, 0.1) is 6.92 Å². The molecule has 0 unspecified atom stereocenters. The molecule has 0 radical (unpaired) electrons. The van der Waals surface area contributed by atoms with Crippen molar-refractivity contribution in [2.45, 2.75) is 6.92 Å². The predicted molar refractivity (Wildman–Crippen MR) is 82.8 cm³/mol. The lowest BCUT2D eigenvalue weighted by Gasteiger charge is -2.18. The van der Waals surface area contributed by atoms with E-state index in [1.807, 2.05) is 43.3 Å². The number of Topliss-reactive ketones (excluding diaryl/α,β-unsaturated/α-hetero) is 2. The van der Waals surface area contributed by atoms with E-state index in [2.05, 4.69) is 6.07 Å². The van der Waals surface area contributed by atoms with Crippen molar-refractivity contribution >= 4 is 22.3 Å². The number of aryl methyl sites for hydroxylation is 1. The molecule has 0 bridgehead atoms. The number of ketones is 2. The van der Waals surface area contributed by atoms with Crippen molar-refractivity contribution in [3.8, 4) is 11.1 Å². The summed E-state index contributed by atoms with van der Waals surface area (Å²) >= 11 is 0. The highest BCUT2D eigenvalue weighted by atomic mass is 16.2. The zero-order chi connectivity index (χ0) is 14.6. The Bertz CT molecular complexity index is 935. The van der Waals surface area contributed by atoms with E-state index in [0.29, 0.717) is 11.1 Å².